The van der Waals surface area contributed by atoms with Crippen LogP contribution in [0, 0.1) is 11.3 Å². The molecule has 0 aromatic heterocycles. The molecule has 1 heterocycles. The molecule has 0 unspecified atom stereocenters. The van der Waals surface area contributed by atoms with E-state index in [-0.39, 0.29) is 6.03 Å². The zero-order chi connectivity index (χ0) is 18.2. The van der Waals surface area contributed by atoms with Gasteiger partial charge < -0.3 is 15.1 Å². The topological polar surface area (TPSA) is 71.4 Å². The maximum Gasteiger partial charge on any atom is 0.324 e. The van der Waals surface area contributed by atoms with E-state index >= 15 is 0 Å². The highest BCUT2D eigenvalue weighted by atomic mass is 16.2. The normalized spacial score (nSPS) is 14.5. The van der Waals surface area contributed by atoms with Crippen molar-refractivity contribution in [3.8, 4) is 6.07 Å². The lowest BCUT2D eigenvalue weighted by Crippen LogP contribution is -2.49. The number of urea groups is 1. The summed E-state index contributed by atoms with van der Waals surface area (Å²) in [7, 11) is 0. The van der Waals surface area contributed by atoms with Gasteiger partial charge >= 0.3 is 6.03 Å². The van der Waals surface area contributed by atoms with Gasteiger partial charge in [-0.25, -0.2) is 4.79 Å². The third-order valence-corrected chi connectivity index (χ3v) is 4.22. The van der Waals surface area contributed by atoms with E-state index in [2.05, 4.69) is 27.7 Å². The van der Waals surface area contributed by atoms with Crippen molar-refractivity contribution in [3.05, 3.63) is 72.6 Å². The molecule has 2 amide bonds. The van der Waals surface area contributed by atoms with E-state index in [1.807, 2.05) is 59.5 Å². The van der Waals surface area contributed by atoms with Crippen LogP contribution >= 0.6 is 0 Å². The molecular weight excluding hydrogens is 326 g/mol. The first-order valence-electron chi connectivity index (χ1n) is 8.54. The minimum Gasteiger partial charge on any atom is -0.368 e. The SMILES string of the molecule is N#C/C=C(/NC(=O)Nc1ccccc1)N1CCN(c2ccccc2)CC1. The van der Waals surface area contributed by atoms with Gasteiger partial charge in [-0.2, -0.15) is 5.26 Å². The van der Waals surface area contributed by atoms with Crippen molar-refractivity contribution < 1.29 is 4.79 Å². The van der Waals surface area contributed by atoms with Crippen LogP contribution in [0.2, 0.25) is 0 Å². The Kier molecular flexibility index (Phi) is 5.73. The van der Waals surface area contributed by atoms with E-state index in [1.165, 1.54) is 11.8 Å². The highest BCUT2D eigenvalue weighted by molar-refractivity contribution is 5.90. The maximum absolute atomic E-state index is 12.2. The van der Waals surface area contributed by atoms with E-state index < -0.39 is 0 Å². The molecule has 1 aliphatic rings. The highest BCUT2D eigenvalue weighted by Gasteiger charge is 2.20. The predicted octanol–water partition coefficient (Wildman–Crippen LogP) is 3.00. The third kappa shape index (κ3) is 4.54. The number of amides is 2. The number of para-hydroxylation sites is 2. The Morgan fingerprint density at radius 2 is 1.58 bits per heavy atom. The average Bonchev–Trinajstić information content (AvgIpc) is 2.69. The molecule has 0 radical (unpaired) electrons. The van der Waals surface area contributed by atoms with Crippen LogP contribution in [0.3, 0.4) is 0 Å². The number of nitrogens with one attached hydrogen (secondary N) is 2. The van der Waals surface area contributed by atoms with Gasteiger partial charge in [0.05, 0.1) is 12.1 Å². The Morgan fingerprint density at radius 1 is 0.962 bits per heavy atom. The Balaban J connectivity index is 1.58. The van der Waals surface area contributed by atoms with Crippen LogP contribution in [0.5, 0.6) is 0 Å². The maximum atomic E-state index is 12.2. The third-order valence-electron chi connectivity index (χ3n) is 4.22. The Hall–Kier alpha value is -3.46. The number of nitrogens with zero attached hydrogens (tertiary/aromatic N) is 3. The Labute approximate surface area is 153 Å². The van der Waals surface area contributed by atoms with Crippen LogP contribution in [0.4, 0.5) is 16.2 Å². The first-order chi connectivity index (χ1) is 12.8. The fraction of sp³-hybridized carbons (Fsp3) is 0.200. The van der Waals surface area contributed by atoms with Crippen molar-refractivity contribution in [1.29, 1.82) is 5.26 Å². The minimum atomic E-state index is -0.358. The number of nitriles is 1. The van der Waals surface area contributed by atoms with Gasteiger partial charge in [0.2, 0.25) is 0 Å². The number of carbonyl (C=O) groups is 1. The molecule has 2 N–H and O–H groups in total. The molecule has 0 spiro atoms. The number of rotatable bonds is 4. The van der Waals surface area contributed by atoms with Gasteiger partial charge in [0.25, 0.3) is 0 Å². The van der Waals surface area contributed by atoms with Crippen LogP contribution in [0.1, 0.15) is 0 Å². The predicted molar refractivity (Wildman–Crippen MR) is 103 cm³/mol. The summed E-state index contributed by atoms with van der Waals surface area (Å²) >= 11 is 0. The molecule has 6 nitrogen and oxygen atoms in total. The molecular formula is C20H21N5O. The lowest BCUT2D eigenvalue weighted by Gasteiger charge is -2.38. The fourth-order valence-corrected chi connectivity index (χ4v) is 2.91. The molecule has 1 fully saturated rings. The summed E-state index contributed by atoms with van der Waals surface area (Å²) in [6, 6.07) is 21.1. The number of benzene rings is 2. The first kappa shape index (κ1) is 17.4. The van der Waals surface area contributed by atoms with E-state index in [0.29, 0.717) is 11.5 Å². The summed E-state index contributed by atoms with van der Waals surface area (Å²) < 4.78 is 0. The standard InChI is InChI=1S/C20H21N5O/c21-12-11-19(23-20(26)22-17-7-3-1-4-8-17)25-15-13-24(14-16-25)18-9-5-2-6-10-18/h1-11H,13-16H2,(H2,22,23,26)/b19-11-. The molecule has 0 bridgehead atoms. The summed E-state index contributed by atoms with van der Waals surface area (Å²) in [5.41, 5.74) is 1.89. The quantitative estimate of drug-likeness (QED) is 0.834. The molecule has 1 saturated heterocycles. The summed E-state index contributed by atoms with van der Waals surface area (Å²) in [5, 5.41) is 14.6. The molecule has 0 aliphatic carbocycles. The van der Waals surface area contributed by atoms with Crippen LogP contribution in [-0.2, 0) is 0 Å². The van der Waals surface area contributed by atoms with Crippen molar-refractivity contribution in [2.75, 3.05) is 36.4 Å². The van der Waals surface area contributed by atoms with Crippen molar-refractivity contribution in [2.45, 2.75) is 0 Å². The second-order valence-electron chi connectivity index (χ2n) is 5.91. The van der Waals surface area contributed by atoms with Gasteiger partial charge in [0.1, 0.15) is 5.82 Å². The number of allylic oxidation sites excluding steroid dienone is 1. The van der Waals surface area contributed by atoms with Crippen molar-refractivity contribution in [2.24, 2.45) is 0 Å². The molecule has 132 valence electrons. The number of piperazine rings is 1. The molecule has 3 rings (SSSR count). The molecule has 0 saturated carbocycles. The van der Waals surface area contributed by atoms with Gasteiger partial charge in [-0.05, 0) is 24.3 Å². The second-order valence-corrected chi connectivity index (χ2v) is 5.91. The lowest BCUT2D eigenvalue weighted by molar-refractivity contribution is 0.245. The monoisotopic (exact) mass is 347 g/mol. The summed E-state index contributed by atoms with van der Waals surface area (Å²) in [6.45, 7) is 3.12. The molecule has 1 aliphatic heterocycles. The number of anilines is 2. The lowest BCUT2D eigenvalue weighted by atomic mass is 10.2. The average molecular weight is 347 g/mol. The van der Waals surface area contributed by atoms with Gasteiger partial charge in [0, 0.05) is 37.6 Å². The molecule has 2 aromatic carbocycles. The number of carbonyl (C=O) groups excluding carboxylic acids is 1. The first-order valence-corrected chi connectivity index (χ1v) is 8.54. The fourth-order valence-electron chi connectivity index (χ4n) is 2.91. The van der Waals surface area contributed by atoms with Gasteiger partial charge in [-0.1, -0.05) is 36.4 Å². The minimum absolute atomic E-state index is 0.358. The number of hydrogen-bond donors (Lipinski definition) is 2. The smallest absolute Gasteiger partial charge is 0.324 e. The zero-order valence-electron chi connectivity index (χ0n) is 14.4. The summed E-state index contributed by atoms with van der Waals surface area (Å²) in [5.74, 6) is 0.522. The van der Waals surface area contributed by atoms with Crippen LogP contribution in [0.25, 0.3) is 0 Å². The van der Waals surface area contributed by atoms with Crippen LogP contribution in [-0.4, -0.2) is 37.1 Å². The van der Waals surface area contributed by atoms with Gasteiger partial charge in [-0.15, -0.1) is 0 Å². The highest BCUT2D eigenvalue weighted by Crippen LogP contribution is 2.17. The zero-order valence-corrected chi connectivity index (χ0v) is 14.4. The van der Waals surface area contributed by atoms with E-state index in [0.717, 1.165) is 26.2 Å². The largest absolute Gasteiger partial charge is 0.368 e. The van der Waals surface area contributed by atoms with Crippen LogP contribution in [0.15, 0.2) is 72.6 Å². The summed E-state index contributed by atoms with van der Waals surface area (Å²) in [6.07, 6.45) is 1.38. The van der Waals surface area contributed by atoms with Crippen LogP contribution < -0.4 is 15.5 Å². The van der Waals surface area contributed by atoms with Crippen molar-refractivity contribution in [1.82, 2.24) is 10.2 Å². The van der Waals surface area contributed by atoms with E-state index in [4.69, 9.17) is 5.26 Å². The molecule has 2 aromatic rings. The molecule has 26 heavy (non-hydrogen) atoms. The van der Waals surface area contributed by atoms with E-state index in [1.54, 1.807) is 0 Å². The second kappa shape index (κ2) is 8.58. The molecule has 6 heteroatoms. The Morgan fingerprint density at radius 3 is 2.19 bits per heavy atom. The van der Waals surface area contributed by atoms with Crippen molar-refractivity contribution in [3.63, 3.8) is 0 Å². The Bertz CT molecular complexity index is 790. The molecule has 0 atom stereocenters. The summed E-state index contributed by atoms with van der Waals surface area (Å²) in [4.78, 5) is 16.5. The van der Waals surface area contributed by atoms with Crippen molar-refractivity contribution >= 4 is 17.4 Å². The van der Waals surface area contributed by atoms with E-state index in [9.17, 15) is 4.79 Å². The van der Waals surface area contributed by atoms with Gasteiger partial charge in [-0.3, -0.25) is 5.32 Å². The van der Waals surface area contributed by atoms with Gasteiger partial charge in [0.15, 0.2) is 0 Å². The number of hydrogen-bond acceptors (Lipinski definition) is 4.